The molecule has 0 aliphatic carbocycles. The minimum Gasteiger partial charge on any atom is -0.508 e. The number of aliphatic carboxylic acids is 1. The number of hydrogen-bond donors (Lipinski definition) is 6. The van der Waals surface area contributed by atoms with Gasteiger partial charge in [0.05, 0.1) is 6.04 Å². The van der Waals surface area contributed by atoms with Crippen molar-refractivity contribution in [2.45, 2.75) is 75.3 Å². The minimum absolute atomic E-state index is 0.0140. The Morgan fingerprint density at radius 3 is 1.76 bits per heavy atom. The largest absolute Gasteiger partial charge is 0.508 e. The highest BCUT2D eigenvalue weighted by atomic mass is 19.4. The Hall–Kier alpha value is -5.44. The number of alkyl halides is 3. The van der Waals surface area contributed by atoms with Crippen molar-refractivity contribution in [2.75, 3.05) is 6.54 Å². The molecule has 0 saturated carbocycles. The normalized spacial score (nSPS) is 15.8. The highest BCUT2D eigenvalue weighted by Crippen LogP contribution is 2.21. The number of nitrogens with two attached hydrogens (primary N) is 2. The van der Waals surface area contributed by atoms with Crippen LogP contribution < -0.4 is 22.1 Å². The zero-order valence-electron chi connectivity index (χ0n) is 27.7. The molecule has 1 heterocycles. The molecule has 0 bridgehead atoms. The molecule has 15 heteroatoms. The number of carboxylic acid groups (broad SMARTS) is 1. The second-order valence-corrected chi connectivity index (χ2v) is 12.2. The van der Waals surface area contributed by atoms with Gasteiger partial charge in [0.15, 0.2) is 0 Å². The number of phenolic OH excluding ortho intramolecular Hbond substituents is 1. The summed E-state index contributed by atoms with van der Waals surface area (Å²) < 4.78 is 31.7. The van der Waals surface area contributed by atoms with E-state index in [1.165, 1.54) is 4.90 Å². The molecule has 8 N–H and O–H groups in total. The third-order valence-electron chi connectivity index (χ3n) is 8.03. The number of hydrogen-bond acceptors (Lipinski definition) is 7. The lowest BCUT2D eigenvalue weighted by Gasteiger charge is -2.29. The molecular weight excluding hydrogens is 671 g/mol. The summed E-state index contributed by atoms with van der Waals surface area (Å²) in [5.41, 5.74) is 14.4. The molecule has 1 fully saturated rings. The summed E-state index contributed by atoms with van der Waals surface area (Å²) in [4.78, 5) is 62.4. The molecular formula is C36H42F3N5O7. The van der Waals surface area contributed by atoms with Crippen molar-refractivity contribution in [3.63, 3.8) is 0 Å². The Kier molecular flexibility index (Phi) is 15.0. The Morgan fingerprint density at radius 2 is 1.27 bits per heavy atom. The van der Waals surface area contributed by atoms with Crippen LogP contribution in [-0.4, -0.2) is 81.6 Å². The highest BCUT2D eigenvalue weighted by molar-refractivity contribution is 5.91. The highest BCUT2D eigenvalue weighted by Gasteiger charge is 2.38. The first kappa shape index (κ1) is 40.0. The first-order chi connectivity index (χ1) is 24.1. The lowest BCUT2D eigenvalue weighted by molar-refractivity contribution is -0.192. The number of phenols is 1. The molecule has 12 nitrogen and oxygen atoms in total. The summed E-state index contributed by atoms with van der Waals surface area (Å²) in [5.74, 6) is -4.11. The fourth-order valence-electron chi connectivity index (χ4n) is 5.69. The Bertz CT molecular complexity index is 1610. The molecule has 1 saturated heterocycles. The van der Waals surface area contributed by atoms with Crippen LogP contribution in [0.2, 0.25) is 0 Å². The molecule has 3 aromatic carbocycles. The number of primary amides is 1. The number of carbonyl (C=O) groups excluding carboxylic acids is 4. The van der Waals surface area contributed by atoms with Crippen LogP contribution in [0.3, 0.4) is 0 Å². The molecule has 0 radical (unpaired) electrons. The molecule has 3 aromatic rings. The van der Waals surface area contributed by atoms with Gasteiger partial charge in [-0.25, -0.2) is 4.79 Å². The van der Waals surface area contributed by atoms with Gasteiger partial charge in [0, 0.05) is 31.5 Å². The Balaban J connectivity index is 0.000000908. The van der Waals surface area contributed by atoms with E-state index in [4.69, 9.17) is 21.4 Å². The van der Waals surface area contributed by atoms with Gasteiger partial charge in [-0.15, -0.1) is 0 Å². The maximum absolute atomic E-state index is 13.6. The van der Waals surface area contributed by atoms with Gasteiger partial charge >= 0.3 is 12.1 Å². The van der Waals surface area contributed by atoms with Crippen molar-refractivity contribution < 1.29 is 47.4 Å². The number of halogens is 3. The van der Waals surface area contributed by atoms with E-state index in [1.54, 1.807) is 24.3 Å². The fraction of sp³-hybridized carbons (Fsp3) is 0.361. The van der Waals surface area contributed by atoms with E-state index in [0.717, 1.165) is 16.7 Å². The Labute approximate surface area is 293 Å². The topological polar surface area (TPSA) is 205 Å². The molecule has 4 atom stereocenters. The van der Waals surface area contributed by atoms with E-state index in [1.807, 2.05) is 60.7 Å². The van der Waals surface area contributed by atoms with Crippen molar-refractivity contribution in [1.29, 1.82) is 0 Å². The van der Waals surface area contributed by atoms with E-state index in [2.05, 4.69) is 10.6 Å². The average molecular weight is 714 g/mol. The van der Waals surface area contributed by atoms with Crippen LogP contribution >= 0.6 is 0 Å². The molecule has 1 aliphatic heterocycles. The third kappa shape index (κ3) is 13.8. The maximum Gasteiger partial charge on any atom is 0.490 e. The number of aromatic hydroxyl groups is 1. The maximum atomic E-state index is 13.6. The lowest BCUT2D eigenvalue weighted by atomic mass is 10.00. The molecule has 0 aromatic heterocycles. The summed E-state index contributed by atoms with van der Waals surface area (Å²) in [6, 6.07) is 23.0. The van der Waals surface area contributed by atoms with Crippen molar-refractivity contribution in [3.8, 4) is 5.75 Å². The van der Waals surface area contributed by atoms with Crippen LogP contribution in [0.1, 0.15) is 42.4 Å². The van der Waals surface area contributed by atoms with Gasteiger partial charge in [-0.2, -0.15) is 13.2 Å². The zero-order chi connectivity index (χ0) is 37.6. The van der Waals surface area contributed by atoms with Crippen molar-refractivity contribution in [3.05, 3.63) is 102 Å². The molecule has 1 aliphatic rings. The van der Waals surface area contributed by atoms with Gasteiger partial charge in [0.1, 0.15) is 11.8 Å². The standard InChI is InChI=1S/C34H41N5O5.C2HF3O2/c35-29(20-25-13-15-28(40)16-14-25)34(44)39-17-7-12-30(39)33(43)38-27(19-24-10-5-2-6-11-24)22-32(42)37-26(21-31(36)41)18-23-8-3-1-4-9-23;3-2(4,5)1(6)7/h1-6,8-11,13-16,26-27,29-30,40H,7,12,17-22,35H2,(H2,36,41)(H,37,42)(H,38,43);(H,6,7)/t26-,27-,29-,30-;/m0./s1. The summed E-state index contributed by atoms with van der Waals surface area (Å²) in [7, 11) is 0. The van der Waals surface area contributed by atoms with Gasteiger partial charge in [0.25, 0.3) is 0 Å². The zero-order valence-corrected chi connectivity index (χ0v) is 27.7. The van der Waals surface area contributed by atoms with Gasteiger partial charge in [0.2, 0.25) is 23.6 Å². The van der Waals surface area contributed by atoms with E-state index >= 15 is 0 Å². The van der Waals surface area contributed by atoms with Gasteiger partial charge in [-0.3, -0.25) is 19.2 Å². The summed E-state index contributed by atoms with van der Waals surface area (Å²) in [6.45, 7) is 0.415. The van der Waals surface area contributed by atoms with Crippen LogP contribution in [0.4, 0.5) is 13.2 Å². The van der Waals surface area contributed by atoms with Gasteiger partial charge in [-0.1, -0.05) is 72.8 Å². The lowest BCUT2D eigenvalue weighted by Crippen LogP contribution is -2.54. The second kappa shape index (κ2) is 19.1. The second-order valence-electron chi connectivity index (χ2n) is 12.2. The third-order valence-corrected chi connectivity index (χ3v) is 8.03. The summed E-state index contributed by atoms with van der Waals surface area (Å²) in [6.07, 6.45) is -2.85. The van der Waals surface area contributed by atoms with E-state index < -0.39 is 42.2 Å². The number of nitrogens with zero attached hydrogens (tertiary/aromatic N) is 1. The summed E-state index contributed by atoms with van der Waals surface area (Å²) >= 11 is 0. The number of rotatable bonds is 14. The van der Waals surface area contributed by atoms with Crippen LogP contribution in [0.25, 0.3) is 0 Å². The van der Waals surface area contributed by atoms with E-state index in [9.17, 15) is 37.5 Å². The van der Waals surface area contributed by atoms with Crippen molar-refractivity contribution >= 4 is 29.6 Å². The molecule has 4 rings (SSSR count). The van der Waals surface area contributed by atoms with E-state index in [0.29, 0.717) is 32.2 Å². The molecule has 4 amide bonds. The first-order valence-electron chi connectivity index (χ1n) is 16.2. The predicted octanol–water partition coefficient (Wildman–Crippen LogP) is 2.61. The minimum atomic E-state index is -5.08. The number of amides is 4. The first-order valence-corrected chi connectivity index (χ1v) is 16.2. The van der Waals surface area contributed by atoms with Crippen molar-refractivity contribution in [2.24, 2.45) is 11.5 Å². The quantitative estimate of drug-likeness (QED) is 0.146. The van der Waals surface area contributed by atoms with Crippen molar-refractivity contribution in [1.82, 2.24) is 15.5 Å². The molecule has 51 heavy (non-hydrogen) atoms. The summed E-state index contributed by atoms with van der Waals surface area (Å²) in [5, 5.41) is 22.6. The van der Waals surface area contributed by atoms with Gasteiger partial charge < -0.3 is 37.2 Å². The predicted molar refractivity (Wildman–Crippen MR) is 181 cm³/mol. The number of likely N-dealkylation sites (tertiary alicyclic amines) is 1. The average Bonchev–Trinajstić information content (AvgIpc) is 3.56. The number of carbonyl (C=O) groups is 5. The van der Waals surface area contributed by atoms with Crippen LogP contribution in [0, 0.1) is 0 Å². The SMILES string of the molecule is NC(=O)C[C@H](Cc1ccccc1)NC(=O)C[C@H](Cc1ccccc1)NC(=O)[C@@H]1CCCN1C(=O)[C@@H](N)Cc1ccc(O)cc1.O=C(O)C(F)(F)F. The van der Waals surface area contributed by atoms with Crippen LogP contribution in [0.15, 0.2) is 84.9 Å². The van der Waals surface area contributed by atoms with Gasteiger partial charge in [-0.05, 0) is 60.9 Å². The molecule has 274 valence electrons. The number of carboxylic acids is 1. The monoisotopic (exact) mass is 713 g/mol. The van der Waals surface area contributed by atoms with E-state index in [-0.39, 0.29) is 42.7 Å². The van der Waals surface area contributed by atoms with Crippen LogP contribution in [0.5, 0.6) is 5.75 Å². The van der Waals surface area contributed by atoms with Crippen LogP contribution in [-0.2, 0) is 43.2 Å². The Morgan fingerprint density at radius 1 is 0.784 bits per heavy atom. The fourth-order valence-corrected chi connectivity index (χ4v) is 5.69. The smallest absolute Gasteiger partial charge is 0.490 e. The number of nitrogens with one attached hydrogen (secondary N) is 2. The molecule has 0 spiro atoms. The number of benzene rings is 3. The molecule has 0 unspecified atom stereocenters.